The molecule has 2 N–H and O–H groups in total. The minimum absolute atomic E-state index is 0.0978. The molecule has 1 atom stereocenters. The zero-order valence-corrected chi connectivity index (χ0v) is 13.1. The fraction of sp³-hybridized carbons (Fsp3) is 0.733. The van der Waals surface area contributed by atoms with Crippen LogP contribution in [0.4, 0.5) is 0 Å². The Kier molecular flexibility index (Phi) is 5.54. The normalized spacial score (nSPS) is 17.4. The Bertz CT molecular complexity index is 453. The first-order chi connectivity index (χ1) is 9.61. The molecule has 1 fully saturated rings. The lowest BCUT2D eigenvalue weighted by Gasteiger charge is -2.09. The van der Waals surface area contributed by atoms with Crippen molar-refractivity contribution in [3.63, 3.8) is 0 Å². The van der Waals surface area contributed by atoms with E-state index in [1.54, 1.807) is 0 Å². The number of carbonyl (C=O) groups excluding carboxylic acids is 1. The highest BCUT2D eigenvalue weighted by Crippen LogP contribution is 2.37. The number of thiazole rings is 1. The molecule has 0 aliphatic heterocycles. The molecule has 1 heterocycles. The third-order valence-electron chi connectivity index (χ3n) is 3.84. The van der Waals surface area contributed by atoms with Gasteiger partial charge >= 0.3 is 0 Å². The molecule has 1 saturated carbocycles. The summed E-state index contributed by atoms with van der Waals surface area (Å²) in [6.45, 7) is 4.24. The van der Waals surface area contributed by atoms with Crippen LogP contribution in [0.5, 0.6) is 0 Å². The van der Waals surface area contributed by atoms with Crippen molar-refractivity contribution in [1.82, 2.24) is 10.3 Å². The lowest BCUT2D eigenvalue weighted by atomic mass is 10.1. The number of nitrogens with one attached hydrogen (secondary N) is 1. The maximum atomic E-state index is 12.2. The van der Waals surface area contributed by atoms with Gasteiger partial charge in [-0.25, -0.2) is 4.98 Å². The highest BCUT2D eigenvalue weighted by molar-refractivity contribution is 7.13. The summed E-state index contributed by atoms with van der Waals surface area (Å²) < 4.78 is 0. The highest BCUT2D eigenvalue weighted by Gasteiger charge is 2.23. The van der Waals surface area contributed by atoms with E-state index < -0.39 is 6.10 Å². The lowest BCUT2D eigenvalue weighted by Crippen LogP contribution is -2.31. The van der Waals surface area contributed by atoms with Crippen LogP contribution >= 0.6 is 11.3 Å². The number of aliphatic hydroxyl groups is 1. The first-order valence-electron chi connectivity index (χ1n) is 7.55. The van der Waals surface area contributed by atoms with Crippen LogP contribution in [0.25, 0.3) is 0 Å². The average molecular weight is 296 g/mol. The third-order valence-corrected chi connectivity index (χ3v) is 5.16. The lowest BCUT2D eigenvalue weighted by molar-refractivity contribution is 0.0913. The van der Waals surface area contributed by atoms with E-state index in [0.717, 1.165) is 23.5 Å². The van der Waals surface area contributed by atoms with Gasteiger partial charge in [-0.15, -0.1) is 11.3 Å². The first-order valence-corrected chi connectivity index (χ1v) is 8.37. The number of aliphatic hydroxyl groups excluding tert-OH is 1. The number of nitrogens with zero attached hydrogens (tertiary/aromatic N) is 1. The molecule has 112 valence electrons. The summed E-state index contributed by atoms with van der Waals surface area (Å²) in [4.78, 5) is 17.4. The van der Waals surface area contributed by atoms with Gasteiger partial charge in [-0.3, -0.25) is 4.79 Å². The second-order valence-corrected chi connectivity index (χ2v) is 6.63. The molecule has 0 bridgehead atoms. The van der Waals surface area contributed by atoms with E-state index in [2.05, 4.69) is 10.3 Å². The van der Waals surface area contributed by atoms with Gasteiger partial charge in [0.15, 0.2) is 0 Å². The number of amides is 1. The molecule has 4 nitrogen and oxygen atoms in total. The van der Waals surface area contributed by atoms with Crippen LogP contribution in [0.15, 0.2) is 0 Å². The summed E-state index contributed by atoms with van der Waals surface area (Å²) in [6, 6.07) is 0. The van der Waals surface area contributed by atoms with Crippen LogP contribution in [-0.4, -0.2) is 28.6 Å². The zero-order chi connectivity index (χ0) is 14.5. The van der Waals surface area contributed by atoms with Crippen LogP contribution in [0.1, 0.15) is 71.7 Å². The standard InChI is InChI=1S/C15H24N2O2S/c1-3-6-12(18)9-16-14(19)13-10(2)17-15(20-13)11-7-4-5-8-11/h11-12,18H,3-9H2,1-2H3,(H,16,19). The van der Waals surface area contributed by atoms with Crippen LogP contribution < -0.4 is 5.32 Å². The van der Waals surface area contributed by atoms with Crippen LogP contribution in [0.2, 0.25) is 0 Å². The topological polar surface area (TPSA) is 62.2 Å². The highest BCUT2D eigenvalue weighted by atomic mass is 32.1. The molecule has 1 aromatic heterocycles. The summed E-state index contributed by atoms with van der Waals surface area (Å²) in [5, 5.41) is 13.6. The maximum absolute atomic E-state index is 12.2. The molecule has 0 radical (unpaired) electrons. The number of aryl methyl sites for hydroxylation is 1. The van der Waals surface area contributed by atoms with Gasteiger partial charge in [0.25, 0.3) is 5.91 Å². The van der Waals surface area contributed by atoms with E-state index in [1.165, 1.54) is 37.0 Å². The summed E-state index contributed by atoms with van der Waals surface area (Å²) >= 11 is 1.53. The molecule has 1 unspecified atom stereocenters. The van der Waals surface area contributed by atoms with Crippen LogP contribution in [0.3, 0.4) is 0 Å². The van der Waals surface area contributed by atoms with Crippen molar-refractivity contribution in [1.29, 1.82) is 0 Å². The quantitative estimate of drug-likeness (QED) is 0.848. The van der Waals surface area contributed by atoms with Gasteiger partial charge in [-0.1, -0.05) is 26.2 Å². The Balaban J connectivity index is 1.95. The second-order valence-electron chi connectivity index (χ2n) is 5.60. The van der Waals surface area contributed by atoms with Crippen molar-refractivity contribution in [2.45, 2.75) is 64.4 Å². The monoisotopic (exact) mass is 296 g/mol. The summed E-state index contributed by atoms with van der Waals surface area (Å²) in [5.74, 6) is 0.449. The van der Waals surface area contributed by atoms with Gasteiger partial charge in [0, 0.05) is 12.5 Å². The molecule has 5 heteroatoms. The van der Waals surface area contributed by atoms with E-state index in [0.29, 0.717) is 17.3 Å². The molecule has 2 rings (SSSR count). The Morgan fingerprint density at radius 1 is 1.50 bits per heavy atom. The minimum Gasteiger partial charge on any atom is -0.391 e. The average Bonchev–Trinajstić information content (AvgIpc) is 3.05. The minimum atomic E-state index is -0.452. The fourth-order valence-corrected chi connectivity index (χ4v) is 3.85. The van der Waals surface area contributed by atoms with Gasteiger partial charge < -0.3 is 10.4 Å². The van der Waals surface area contributed by atoms with Gasteiger partial charge in [0.2, 0.25) is 0 Å². The molecular weight excluding hydrogens is 272 g/mol. The largest absolute Gasteiger partial charge is 0.391 e. The van der Waals surface area contributed by atoms with Gasteiger partial charge in [-0.05, 0) is 26.2 Å². The predicted molar refractivity (Wildman–Crippen MR) is 81.3 cm³/mol. The first kappa shape index (κ1) is 15.4. The molecular formula is C15H24N2O2S. The van der Waals surface area contributed by atoms with E-state index >= 15 is 0 Å². The van der Waals surface area contributed by atoms with Crippen molar-refractivity contribution in [3.05, 3.63) is 15.6 Å². The number of rotatable bonds is 6. The molecule has 1 aliphatic rings. The van der Waals surface area contributed by atoms with Gasteiger partial charge in [-0.2, -0.15) is 0 Å². The smallest absolute Gasteiger partial charge is 0.263 e. The van der Waals surface area contributed by atoms with Gasteiger partial charge in [0.05, 0.1) is 16.8 Å². The van der Waals surface area contributed by atoms with E-state index in [9.17, 15) is 9.90 Å². The van der Waals surface area contributed by atoms with Crippen molar-refractivity contribution < 1.29 is 9.90 Å². The second kappa shape index (κ2) is 7.18. The number of aromatic nitrogens is 1. The Morgan fingerprint density at radius 2 is 2.20 bits per heavy atom. The zero-order valence-electron chi connectivity index (χ0n) is 12.3. The molecule has 1 aromatic rings. The molecule has 0 aromatic carbocycles. The molecule has 0 spiro atoms. The Hall–Kier alpha value is -0.940. The Labute approximate surface area is 124 Å². The van der Waals surface area contributed by atoms with Crippen molar-refractivity contribution >= 4 is 17.2 Å². The molecule has 20 heavy (non-hydrogen) atoms. The van der Waals surface area contributed by atoms with Crippen LogP contribution in [0, 0.1) is 6.92 Å². The third kappa shape index (κ3) is 3.79. The predicted octanol–water partition coefficient (Wildman–Crippen LogP) is 3.00. The fourth-order valence-electron chi connectivity index (χ4n) is 2.70. The molecule has 1 aliphatic carbocycles. The number of hydrogen-bond acceptors (Lipinski definition) is 4. The number of carbonyl (C=O) groups is 1. The van der Waals surface area contributed by atoms with Crippen molar-refractivity contribution in [2.24, 2.45) is 0 Å². The summed E-state index contributed by atoms with van der Waals surface area (Å²) in [5.41, 5.74) is 0.819. The van der Waals surface area contributed by atoms with E-state index in [1.807, 2.05) is 13.8 Å². The van der Waals surface area contributed by atoms with Crippen LogP contribution in [-0.2, 0) is 0 Å². The van der Waals surface area contributed by atoms with Gasteiger partial charge in [0.1, 0.15) is 4.88 Å². The summed E-state index contributed by atoms with van der Waals surface area (Å²) in [6.07, 6.45) is 6.12. The maximum Gasteiger partial charge on any atom is 0.263 e. The number of hydrogen-bond donors (Lipinski definition) is 2. The van der Waals surface area contributed by atoms with E-state index in [-0.39, 0.29) is 5.91 Å². The SMILES string of the molecule is CCCC(O)CNC(=O)c1sc(C2CCCC2)nc1C. The summed E-state index contributed by atoms with van der Waals surface area (Å²) in [7, 11) is 0. The Morgan fingerprint density at radius 3 is 2.85 bits per heavy atom. The van der Waals surface area contributed by atoms with Crippen molar-refractivity contribution in [3.8, 4) is 0 Å². The molecule has 0 saturated heterocycles. The molecule has 1 amide bonds. The van der Waals surface area contributed by atoms with Crippen molar-refractivity contribution in [2.75, 3.05) is 6.54 Å². The van der Waals surface area contributed by atoms with E-state index in [4.69, 9.17) is 0 Å².